The van der Waals surface area contributed by atoms with Crippen molar-refractivity contribution in [3.05, 3.63) is 0 Å². The molecule has 0 bridgehead atoms. The Bertz CT molecular complexity index is 270. The van der Waals surface area contributed by atoms with Crippen LogP contribution in [0.5, 0.6) is 0 Å². The lowest BCUT2D eigenvalue weighted by atomic mass is 9.75. The summed E-state index contributed by atoms with van der Waals surface area (Å²) in [5.74, 6) is -0.709. The largest absolute Gasteiger partial charge is 0.466 e. The standard InChI is InChI=1S/C11H20N2O3/c1-3-16-10(15)11(8-9(12)14)4-6-13(2)7-5-11/h3-8H2,1-2H3,(H2,12,14). The van der Waals surface area contributed by atoms with E-state index in [2.05, 4.69) is 4.90 Å². The predicted octanol–water partition coefficient (Wildman–Crippen LogP) is 0.137. The highest BCUT2D eigenvalue weighted by molar-refractivity contribution is 5.85. The topological polar surface area (TPSA) is 72.6 Å². The van der Waals surface area contributed by atoms with Gasteiger partial charge in [0, 0.05) is 6.42 Å². The molecule has 0 atom stereocenters. The molecule has 0 spiro atoms. The third-order valence-corrected chi connectivity index (χ3v) is 3.17. The molecular weight excluding hydrogens is 208 g/mol. The number of amides is 1. The van der Waals surface area contributed by atoms with E-state index in [-0.39, 0.29) is 12.4 Å². The molecule has 0 unspecified atom stereocenters. The average molecular weight is 228 g/mol. The molecule has 1 rings (SSSR count). The Kier molecular flexibility index (Phi) is 4.29. The molecule has 0 saturated carbocycles. The molecule has 5 nitrogen and oxygen atoms in total. The molecule has 0 radical (unpaired) electrons. The van der Waals surface area contributed by atoms with Gasteiger partial charge in [0.1, 0.15) is 0 Å². The summed E-state index contributed by atoms with van der Waals surface area (Å²) in [5.41, 5.74) is 4.53. The summed E-state index contributed by atoms with van der Waals surface area (Å²) in [6, 6.07) is 0. The van der Waals surface area contributed by atoms with E-state index in [0.29, 0.717) is 19.4 Å². The van der Waals surface area contributed by atoms with Gasteiger partial charge in [-0.1, -0.05) is 0 Å². The Hall–Kier alpha value is -1.10. The van der Waals surface area contributed by atoms with Crippen LogP contribution < -0.4 is 5.73 Å². The van der Waals surface area contributed by atoms with Gasteiger partial charge in [-0.05, 0) is 39.9 Å². The van der Waals surface area contributed by atoms with Crippen LogP contribution in [-0.4, -0.2) is 43.5 Å². The van der Waals surface area contributed by atoms with Crippen LogP contribution in [0, 0.1) is 5.41 Å². The van der Waals surface area contributed by atoms with Crippen molar-refractivity contribution >= 4 is 11.9 Å². The number of primary amides is 1. The number of likely N-dealkylation sites (tertiary alicyclic amines) is 1. The van der Waals surface area contributed by atoms with Crippen molar-refractivity contribution in [3.63, 3.8) is 0 Å². The van der Waals surface area contributed by atoms with E-state index < -0.39 is 11.3 Å². The van der Waals surface area contributed by atoms with Gasteiger partial charge in [0.05, 0.1) is 12.0 Å². The molecule has 1 amide bonds. The molecule has 0 aliphatic carbocycles. The zero-order chi connectivity index (χ0) is 12.2. The first-order valence-electron chi connectivity index (χ1n) is 5.64. The van der Waals surface area contributed by atoms with Crippen molar-refractivity contribution in [2.75, 3.05) is 26.7 Å². The van der Waals surface area contributed by atoms with Crippen molar-refractivity contribution in [1.82, 2.24) is 4.90 Å². The van der Waals surface area contributed by atoms with Crippen LogP contribution in [0.1, 0.15) is 26.2 Å². The summed E-state index contributed by atoms with van der Waals surface area (Å²) in [4.78, 5) is 25.1. The summed E-state index contributed by atoms with van der Waals surface area (Å²) < 4.78 is 5.06. The van der Waals surface area contributed by atoms with Crippen molar-refractivity contribution in [1.29, 1.82) is 0 Å². The van der Waals surface area contributed by atoms with Crippen molar-refractivity contribution in [2.24, 2.45) is 11.1 Å². The van der Waals surface area contributed by atoms with E-state index in [1.54, 1.807) is 6.92 Å². The lowest BCUT2D eigenvalue weighted by molar-refractivity contribution is -0.160. The summed E-state index contributed by atoms with van der Waals surface area (Å²) in [7, 11) is 2.00. The van der Waals surface area contributed by atoms with Gasteiger partial charge in [0.15, 0.2) is 0 Å². The lowest BCUT2D eigenvalue weighted by Gasteiger charge is -2.37. The highest BCUT2D eigenvalue weighted by Crippen LogP contribution is 2.35. The van der Waals surface area contributed by atoms with E-state index in [0.717, 1.165) is 13.1 Å². The monoisotopic (exact) mass is 228 g/mol. The number of piperidine rings is 1. The molecule has 2 N–H and O–H groups in total. The minimum atomic E-state index is -0.686. The van der Waals surface area contributed by atoms with Gasteiger partial charge < -0.3 is 15.4 Å². The highest BCUT2D eigenvalue weighted by atomic mass is 16.5. The Labute approximate surface area is 95.9 Å². The maximum Gasteiger partial charge on any atom is 0.312 e. The third kappa shape index (κ3) is 2.95. The number of hydrogen-bond donors (Lipinski definition) is 1. The Morgan fingerprint density at radius 1 is 1.38 bits per heavy atom. The fourth-order valence-electron chi connectivity index (χ4n) is 2.12. The van der Waals surface area contributed by atoms with Crippen molar-refractivity contribution in [2.45, 2.75) is 26.2 Å². The number of carbonyl (C=O) groups is 2. The second-order valence-electron chi connectivity index (χ2n) is 4.45. The third-order valence-electron chi connectivity index (χ3n) is 3.17. The van der Waals surface area contributed by atoms with Gasteiger partial charge >= 0.3 is 5.97 Å². The SMILES string of the molecule is CCOC(=O)C1(CC(N)=O)CCN(C)CC1. The molecule has 1 aliphatic rings. The van der Waals surface area contributed by atoms with E-state index >= 15 is 0 Å². The number of nitrogens with two attached hydrogens (primary N) is 1. The predicted molar refractivity (Wildman–Crippen MR) is 59.6 cm³/mol. The van der Waals surface area contributed by atoms with Gasteiger partial charge in [-0.3, -0.25) is 9.59 Å². The lowest BCUT2D eigenvalue weighted by Crippen LogP contribution is -2.45. The van der Waals surface area contributed by atoms with Gasteiger partial charge in [-0.25, -0.2) is 0 Å². The zero-order valence-electron chi connectivity index (χ0n) is 9.99. The summed E-state index contributed by atoms with van der Waals surface area (Å²) in [6.07, 6.45) is 1.39. The molecule has 5 heteroatoms. The molecule has 1 fully saturated rings. The van der Waals surface area contributed by atoms with Crippen LogP contribution >= 0.6 is 0 Å². The molecule has 16 heavy (non-hydrogen) atoms. The Balaban J connectivity index is 2.76. The van der Waals surface area contributed by atoms with Crippen LogP contribution in [0.2, 0.25) is 0 Å². The number of nitrogens with zero attached hydrogens (tertiary/aromatic N) is 1. The Morgan fingerprint density at radius 3 is 2.38 bits per heavy atom. The van der Waals surface area contributed by atoms with Crippen molar-refractivity contribution < 1.29 is 14.3 Å². The number of carbonyl (C=O) groups excluding carboxylic acids is 2. The molecule has 1 saturated heterocycles. The van der Waals surface area contributed by atoms with Crippen LogP contribution in [0.15, 0.2) is 0 Å². The van der Waals surface area contributed by atoms with Crippen LogP contribution in [0.4, 0.5) is 0 Å². The van der Waals surface area contributed by atoms with Crippen molar-refractivity contribution in [3.8, 4) is 0 Å². The smallest absolute Gasteiger partial charge is 0.312 e. The molecular formula is C11H20N2O3. The molecule has 92 valence electrons. The molecule has 0 aromatic carbocycles. The number of esters is 1. The quantitative estimate of drug-likeness (QED) is 0.694. The first-order valence-corrected chi connectivity index (χ1v) is 5.64. The fraction of sp³-hybridized carbons (Fsp3) is 0.818. The molecule has 1 heterocycles. The van der Waals surface area contributed by atoms with Gasteiger partial charge in [0.25, 0.3) is 0 Å². The van der Waals surface area contributed by atoms with Gasteiger partial charge in [-0.15, -0.1) is 0 Å². The Morgan fingerprint density at radius 2 is 1.94 bits per heavy atom. The summed E-state index contributed by atoms with van der Waals surface area (Å²) in [6.45, 7) is 3.71. The first-order chi connectivity index (χ1) is 7.50. The summed E-state index contributed by atoms with van der Waals surface area (Å²) in [5, 5.41) is 0. The van der Waals surface area contributed by atoms with E-state index in [9.17, 15) is 9.59 Å². The number of rotatable bonds is 4. The van der Waals surface area contributed by atoms with Crippen LogP contribution in [0.25, 0.3) is 0 Å². The van der Waals surface area contributed by atoms with E-state index in [4.69, 9.17) is 10.5 Å². The minimum absolute atomic E-state index is 0.0969. The second-order valence-corrected chi connectivity index (χ2v) is 4.45. The van der Waals surface area contributed by atoms with E-state index in [1.165, 1.54) is 0 Å². The number of hydrogen-bond acceptors (Lipinski definition) is 4. The van der Waals surface area contributed by atoms with Crippen LogP contribution in [-0.2, 0) is 14.3 Å². The molecule has 0 aromatic rings. The zero-order valence-corrected chi connectivity index (χ0v) is 9.99. The van der Waals surface area contributed by atoms with E-state index in [1.807, 2.05) is 7.05 Å². The summed E-state index contributed by atoms with van der Waals surface area (Å²) >= 11 is 0. The van der Waals surface area contributed by atoms with Gasteiger partial charge in [-0.2, -0.15) is 0 Å². The maximum atomic E-state index is 11.9. The van der Waals surface area contributed by atoms with Gasteiger partial charge in [0.2, 0.25) is 5.91 Å². The average Bonchev–Trinajstić information content (AvgIpc) is 2.21. The normalized spacial score (nSPS) is 20.4. The maximum absolute atomic E-state index is 11.9. The first kappa shape index (κ1) is 13.0. The molecule has 0 aromatic heterocycles. The van der Waals surface area contributed by atoms with Crippen LogP contribution in [0.3, 0.4) is 0 Å². The highest BCUT2D eigenvalue weighted by Gasteiger charge is 2.43. The minimum Gasteiger partial charge on any atom is -0.466 e. The fourth-order valence-corrected chi connectivity index (χ4v) is 2.12. The number of ether oxygens (including phenoxy) is 1. The molecule has 1 aliphatic heterocycles. The second kappa shape index (κ2) is 5.30.